The zero-order chi connectivity index (χ0) is 20.3. The quantitative estimate of drug-likeness (QED) is 0.364. The van der Waals surface area contributed by atoms with E-state index in [1.807, 2.05) is 19.2 Å². The minimum absolute atomic E-state index is 0.0176. The van der Waals surface area contributed by atoms with Gasteiger partial charge in [0.1, 0.15) is 0 Å². The number of anilines is 1. The van der Waals surface area contributed by atoms with Gasteiger partial charge >= 0.3 is 0 Å². The lowest BCUT2D eigenvalue weighted by molar-refractivity contribution is -0.385. The molecule has 1 heterocycles. The molecule has 0 saturated carbocycles. The van der Waals surface area contributed by atoms with Gasteiger partial charge < -0.3 is 9.88 Å². The molecule has 0 aliphatic carbocycles. The number of carbonyl (C=O) groups is 1. The van der Waals surface area contributed by atoms with E-state index in [0.29, 0.717) is 33.0 Å². The van der Waals surface area contributed by atoms with E-state index in [2.05, 4.69) is 15.5 Å². The number of carbonyl (C=O) groups excluding carboxylic acids is 1. The molecule has 2 aromatic carbocycles. The van der Waals surface area contributed by atoms with Crippen LogP contribution < -0.4 is 5.32 Å². The number of nitrogens with zero attached hydrogens (tertiary/aromatic N) is 4. The van der Waals surface area contributed by atoms with Crippen molar-refractivity contribution < 1.29 is 9.72 Å². The predicted molar refractivity (Wildman–Crippen MR) is 108 cm³/mol. The van der Waals surface area contributed by atoms with Crippen LogP contribution in [0.25, 0.3) is 11.4 Å². The van der Waals surface area contributed by atoms with Gasteiger partial charge in [0.2, 0.25) is 5.91 Å². The SMILES string of the molecule is CC(=O)Nc1ccc(-c2nnc(SCc3c(Cl)cccc3[N+](=O)[O-])n2C)cc1. The minimum Gasteiger partial charge on any atom is -0.326 e. The summed E-state index contributed by atoms with van der Waals surface area (Å²) in [4.78, 5) is 21.9. The van der Waals surface area contributed by atoms with Crippen LogP contribution in [0.3, 0.4) is 0 Å². The van der Waals surface area contributed by atoms with Crippen molar-refractivity contribution in [2.24, 2.45) is 7.05 Å². The molecule has 1 N–H and O–H groups in total. The highest BCUT2D eigenvalue weighted by atomic mass is 35.5. The number of hydrogen-bond acceptors (Lipinski definition) is 6. The number of amides is 1. The van der Waals surface area contributed by atoms with E-state index < -0.39 is 4.92 Å². The lowest BCUT2D eigenvalue weighted by Crippen LogP contribution is -2.05. The van der Waals surface area contributed by atoms with Crippen LogP contribution in [-0.2, 0) is 17.6 Å². The van der Waals surface area contributed by atoms with E-state index in [1.54, 1.807) is 28.8 Å². The molecule has 3 aromatic rings. The number of hydrogen-bond donors (Lipinski definition) is 1. The maximum Gasteiger partial charge on any atom is 0.274 e. The van der Waals surface area contributed by atoms with Crippen LogP contribution >= 0.6 is 23.4 Å². The third-order valence-corrected chi connectivity index (χ3v) is 5.34. The maximum absolute atomic E-state index is 11.2. The number of nitro groups is 1. The zero-order valence-corrected chi connectivity index (χ0v) is 16.6. The summed E-state index contributed by atoms with van der Waals surface area (Å²) in [6, 6.07) is 11.9. The van der Waals surface area contributed by atoms with Crippen LogP contribution in [0.1, 0.15) is 12.5 Å². The fraction of sp³-hybridized carbons (Fsp3) is 0.167. The molecule has 1 aromatic heterocycles. The molecular formula is C18H16ClN5O3S. The van der Waals surface area contributed by atoms with Gasteiger partial charge in [-0.1, -0.05) is 29.4 Å². The van der Waals surface area contributed by atoms with Crippen molar-refractivity contribution in [2.75, 3.05) is 5.32 Å². The molecule has 1 amide bonds. The van der Waals surface area contributed by atoms with Crippen LogP contribution in [0.2, 0.25) is 5.02 Å². The van der Waals surface area contributed by atoms with Crippen molar-refractivity contribution in [3.05, 3.63) is 63.2 Å². The molecule has 0 spiro atoms. The standard InChI is InChI=1S/C18H16ClN5O3S/c1-11(25)20-13-8-6-12(7-9-13)17-21-22-18(23(17)2)28-10-14-15(19)4-3-5-16(14)24(26)27/h3-9H,10H2,1-2H3,(H,20,25). The number of nitro benzene ring substituents is 1. The lowest BCUT2D eigenvalue weighted by atomic mass is 10.2. The van der Waals surface area contributed by atoms with Gasteiger partial charge in [0.15, 0.2) is 11.0 Å². The van der Waals surface area contributed by atoms with E-state index in [9.17, 15) is 14.9 Å². The van der Waals surface area contributed by atoms with Gasteiger partial charge in [-0.3, -0.25) is 14.9 Å². The Morgan fingerprint density at radius 3 is 2.61 bits per heavy atom. The van der Waals surface area contributed by atoms with Crippen LogP contribution in [0.15, 0.2) is 47.6 Å². The molecule has 0 unspecified atom stereocenters. The van der Waals surface area contributed by atoms with Gasteiger partial charge in [-0.15, -0.1) is 10.2 Å². The molecule has 3 rings (SSSR count). The Balaban J connectivity index is 1.79. The number of rotatable bonds is 6. The monoisotopic (exact) mass is 417 g/mol. The highest BCUT2D eigenvalue weighted by Gasteiger charge is 2.18. The van der Waals surface area contributed by atoms with Crippen LogP contribution in [0.4, 0.5) is 11.4 Å². The molecule has 10 heteroatoms. The van der Waals surface area contributed by atoms with Crippen LogP contribution in [0, 0.1) is 10.1 Å². The van der Waals surface area contributed by atoms with E-state index in [1.165, 1.54) is 24.8 Å². The number of benzene rings is 2. The third-order valence-electron chi connectivity index (χ3n) is 3.93. The van der Waals surface area contributed by atoms with Crippen LogP contribution in [-0.4, -0.2) is 25.6 Å². The number of nitrogens with one attached hydrogen (secondary N) is 1. The maximum atomic E-state index is 11.2. The number of halogens is 1. The first-order valence-corrected chi connectivity index (χ1v) is 9.55. The van der Waals surface area contributed by atoms with E-state index in [-0.39, 0.29) is 11.6 Å². The second-order valence-corrected chi connectivity index (χ2v) is 7.26. The van der Waals surface area contributed by atoms with Crippen molar-refractivity contribution in [3.63, 3.8) is 0 Å². The Kier molecular flexibility index (Phi) is 5.96. The third kappa shape index (κ3) is 4.32. The van der Waals surface area contributed by atoms with Gasteiger partial charge in [-0.25, -0.2) is 0 Å². The van der Waals surface area contributed by atoms with Gasteiger partial charge in [0.25, 0.3) is 5.69 Å². The molecule has 0 atom stereocenters. The average molecular weight is 418 g/mol. The molecule has 0 radical (unpaired) electrons. The smallest absolute Gasteiger partial charge is 0.274 e. The van der Waals surface area contributed by atoms with E-state index in [4.69, 9.17) is 11.6 Å². The summed E-state index contributed by atoms with van der Waals surface area (Å²) in [5, 5.41) is 23.3. The van der Waals surface area contributed by atoms with E-state index >= 15 is 0 Å². The molecule has 144 valence electrons. The lowest BCUT2D eigenvalue weighted by Gasteiger charge is -2.07. The van der Waals surface area contributed by atoms with Gasteiger partial charge in [-0.05, 0) is 30.3 Å². The van der Waals surface area contributed by atoms with Gasteiger partial charge in [0, 0.05) is 37.0 Å². The second kappa shape index (κ2) is 8.41. The summed E-state index contributed by atoms with van der Waals surface area (Å²) in [6.45, 7) is 1.45. The molecule has 0 aliphatic heterocycles. The van der Waals surface area contributed by atoms with Crippen molar-refractivity contribution in [3.8, 4) is 11.4 Å². The Labute approximate surface area is 170 Å². The van der Waals surface area contributed by atoms with Crippen molar-refractivity contribution in [1.82, 2.24) is 14.8 Å². The molecule has 0 saturated heterocycles. The molecule has 0 fully saturated rings. The zero-order valence-electron chi connectivity index (χ0n) is 15.0. The summed E-state index contributed by atoms with van der Waals surface area (Å²) >= 11 is 7.46. The fourth-order valence-corrected chi connectivity index (χ4v) is 3.87. The van der Waals surface area contributed by atoms with Gasteiger partial charge in [0.05, 0.1) is 15.5 Å². The van der Waals surface area contributed by atoms with E-state index in [0.717, 1.165) is 5.56 Å². The molecular weight excluding hydrogens is 402 g/mol. The first-order valence-electron chi connectivity index (χ1n) is 8.19. The number of aromatic nitrogens is 3. The Morgan fingerprint density at radius 2 is 1.96 bits per heavy atom. The van der Waals surface area contributed by atoms with Crippen molar-refractivity contribution in [2.45, 2.75) is 17.8 Å². The average Bonchev–Trinajstić information content (AvgIpc) is 3.01. The number of thioether (sulfide) groups is 1. The molecule has 0 bridgehead atoms. The topological polar surface area (TPSA) is 103 Å². The largest absolute Gasteiger partial charge is 0.326 e. The highest BCUT2D eigenvalue weighted by molar-refractivity contribution is 7.98. The van der Waals surface area contributed by atoms with Gasteiger partial charge in [-0.2, -0.15) is 0 Å². The minimum atomic E-state index is -0.444. The Bertz CT molecular complexity index is 1040. The van der Waals surface area contributed by atoms with Crippen LogP contribution in [0.5, 0.6) is 0 Å². The first-order chi connectivity index (χ1) is 13.4. The highest BCUT2D eigenvalue weighted by Crippen LogP contribution is 2.33. The summed E-state index contributed by atoms with van der Waals surface area (Å²) in [6.07, 6.45) is 0. The molecule has 28 heavy (non-hydrogen) atoms. The van der Waals surface area contributed by atoms with Crippen molar-refractivity contribution in [1.29, 1.82) is 0 Å². The Hall–Kier alpha value is -2.91. The second-order valence-electron chi connectivity index (χ2n) is 5.91. The normalized spacial score (nSPS) is 10.7. The summed E-state index contributed by atoms with van der Waals surface area (Å²) in [7, 11) is 1.82. The fourth-order valence-electron chi connectivity index (χ4n) is 2.60. The summed E-state index contributed by atoms with van der Waals surface area (Å²) in [5.74, 6) is 0.799. The summed E-state index contributed by atoms with van der Waals surface area (Å²) in [5.41, 5.74) is 1.96. The first kappa shape index (κ1) is 19.8. The molecule has 0 aliphatic rings. The predicted octanol–water partition coefficient (Wildman–Crippen LogP) is 4.29. The Morgan fingerprint density at radius 1 is 1.25 bits per heavy atom. The molecule has 8 nitrogen and oxygen atoms in total. The summed E-state index contributed by atoms with van der Waals surface area (Å²) < 4.78 is 1.81. The van der Waals surface area contributed by atoms with Crippen molar-refractivity contribution >= 4 is 40.6 Å².